The Morgan fingerprint density at radius 2 is 1.96 bits per heavy atom. The number of fused-ring (bicyclic) bond motifs is 8. The van der Waals surface area contributed by atoms with Crippen LogP contribution in [0, 0.1) is 0 Å². The first-order valence-corrected chi connectivity index (χ1v) is 7.38. The van der Waals surface area contributed by atoms with E-state index < -0.39 is 0 Å². The Kier molecular flexibility index (Phi) is 2.15. The monoisotopic (exact) mass is 308 g/mol. The minimum absolute atomic E-state index is 0. The summed E-state index contributed by atoms with van der Waals surface area (Å²) in [5.41, 5.74) is 4.91. The highest BCUT2D eigenvalue weighted by Crippen LogP contribution is 2.38. The Balaban J connectivity index is 0.000000911. The van der Waals surface area contributed by atoms with Crippen LogP contribution in [0.1, 0.15) is 41.2 Å². The molecule has 0 bridgehead atoms. The summed E-state index contributed by atoms with van der Waals surface area (Å²) in [6.45, 7) is 0. The molecule has 0 spiro atoms. The van der Waals surface area contributed by atoms with Gasteiger partial charge in [0, 0.05) is 26.5 Å². The van der Waals surface area contributed by atoms with Gasteiger partial charge in [0.1, 0.15) is 5.52 Å². The third-order valence-corrected chi connectivity index (χ3v) is 4.50. The molecule has 0 fully saturated rings. The van der Waals surface area contributed by atoms with Gasteiger partial charge in [0.2, 0.25) is 0 Å². The van der Waals surface area contributed by atoms with Crippen LogP contribution in [0.3, 0.4) is 0 Å². The molecule has 2 N–H and O–H groups in total. The van der Waals surface area contributed by atoms with Crippen molar-refractivity contribution in [3.63, 3.8) is 0 Å². The molecular weight excluding hydrogens is 292 g/mol. The van der Waals surface area contributed by atoms with E-state index in [0.29, 0.717) is 22.2 Å². The van der Waals surface area contributed by atoms with Crippen LogP contribution in [-0.2, 0) is 7.05 Å². The van der Waals surface area contributed by atoms with E-state index in [1.54, 1.807) is 10.9 Å². The fourth-order valence-corrected chi connectivity index (χ4v) is 3.55. The molecule has 6 heteroatoms. The minimum Gasteiger partial charge on any atom is -0.353 e. The number of hydrogen-bond donors (Lipinski definition) is 2. The molecule has 1 aliphatic carbocycles. The van der Waals surface area contributed by atoms with Crippen molar-refractivity contribution >= 4 is 45.9 Å². The maximum atomic E-state index is 12.4. The van der Waals surface area contributed by atoms with Gasteiger partial charge in [0.25, 0.3) is 11.8 Å². The van der Waals surface area contributed by atoms with Crippen LogP contribution in [0.15, 0.2) is 18.5 Å². The minimum atomic E-state index is -0.358. The van der Waals surface area contributed by atoms with Crippen molar-refractivity contribution in [3.05, 3.63) is 40.9 Å². The van der Waals surface area contributed by atoms with E-state index in [1.807, 2.05) is 25.3 Å². The summed E-state index contributed by atoms with van der Waals surface area (Å²) in [7, 11) is 1.82. The smallest absolute Gasteiger partial charge is 0.261 e. The molecule has 5 rings (SSSR count). The molecule has 3 heterocycles. The molecule has 6 nitrogen and oxygen atoms in total. The van der Waals surface area contributed by atoms with Gasteiger partial charge in [-0.3, -0.25) is 14.9 Å². The number of aryl methyl sites for hydroxylation is 1. The number of benzene rings is 1. The molecule has 0 unspecified atom stereocenters. The number of H-pyrrole nitrogens is 1. The normalized spacial score (nSPS) is 16.0. The SMILES string of the molecule is Cn1cnc2c3[nH]c4c(c3c3c(c21)C(=O)NC3=O)C=CCC=C4.[HH].[HH]. The molecule has 0 saturated heterocycles. The van der Waals surface area contributed by atoms with E-state index in [-0.39, 0.29) is 14.7 Å². The van der Waals surface area contributed by atoms with E-state index in [4.69, 9.17) is 0 Å². The summed E-state index contributed by atoms with van der Waals surface area (Å²) < 4.78 is 1.78. The van der Waals surface area contributed by atoms with Gasteiger partial charge in [-0.1, -0.05) is 18.2 Å². The number of rotatable bonds is 0. The molecule has 3 aromatic rings. The largest absolute Gasteiger partial charge is 0.353 e. The van der Waals surface area contributed by atoms with Crippen molar-refractivity contribution in [2.24, 2.45) is 7.05 Å². The van der Waals surface area contributed by atoms with Crippen LogP contribution in [0.2, 0.25) is 0 Å². The first kappa shape index (κ1) is 12.4. The number of aromatic amines is 1. The summed E-state index contributed by atoms with van der Waals surface area (Å²) in [5, 5.41) is 3.19. The van der Waals surface area contributed by atoms with Crippen LogP contribution in [0.4, 0.5) is 0 Å². The lowest BCUT2D eigenvalue weighted by molar-refractivity contribution is 0.0880. The predicted molar refractivity (Wildman–Crippen MR) is 91.3 cm³/mol. The van der Waals surface area contributed by atoms with Gasteiger partial charge < -0.3 is 9.55 Å². The van der Waals surface area contributed by atoms with E-state index in [0.717, 1.165) is 28.6 Å². The number of aromatic nitrogens is 3. The Bertz CT molecular complexity index is 1120. The Labute approximate surface area is 133 Å². The highest BCUT2D eigenvalue weighted by atomic mass is 16.2. The molecule has 116 valence electrons. The average Bonchev–Trinajstić information content (AvgIpc) is 3.09. The molecule has 0 radical (unpaired) electrons. The van der Waals surface area contributed by atoms with Crippen LogP contribution < -0.4 is 5.32 Å². The van der Waals surface area contributed by atoms with Gasteiger partial charge in [0.05, 0.1) is 28.5 Å². The lowest BCUT2D eigenvalue weighted by Crippen LogP contribution is -2.20. The first-order chi connectivity index (χ1) is 11.2. The summed E-state index contributed by atoms with van der Waals surface area (Å²) in [4.78, 5) is 32.6. The topological polar surface area (TPSA) is 79.8 Å². The number of hydrogen-bond acceptors (Lipinski definition) is 3. The Morgan fingerprint density at radius 3 is 2.83 bits per heavy atom. The number of amides is 2. The fraction of sp³-hybridized carbons (Fsp3) is 0.118. The molecule has 0 atom stereocenters. The van der Waals surface area contributed by atoms with E-state index in [9.17, 15) is 9.59 Å². The van der Waals surface area contributed by atoms with E-state index in [1.165, 1.54) is 0 Å². The fourth-order valence-electron chi connectivity index (χ4n) is 3.55. The summed E-state index contributed by atoms with van der Waals surface area (Å²) in [5.74, 6) is -0.704. The number of imide groups is 1. The lowest BCUT2D eigenvalue weighted by Gasteiger charge is -2.04. The van der Waals surface area contributed by atoms with Gasteiger partial charge >= 0.3 is 0 Å². The highest BCUT2D eigenvalue weighted by Gasteiger charge is 2.35. The molecule has 1 aromatic carbocycles. The van der Waals surface area contributed by atoms with Crippen LogP contribution >= 0.6 is 0 Å². The third-order valence-electron chi connectivity index (χ3n) is 4.50. The van der Waals surface area contributed by atoms with Crippen molar-refractivity contribution in [3.8, 4) is 0 Å². The average molecular weight is 308 g/mol. The van der Waals surface area contributed by atoms with Gasteiger partial charge in [-0.15, -0.1) is 0 Å². The first-order valence-electron chi connectivity index (χ1n) is 7.38. The summed E-state index contributed by atoms with van der Waals surface area (Å²) in [6.07, 6.45) is 10.6. The molecule has 2 aromatic heterocycles. The number of nitrogens with one attached hydrogen (secondary N) is 2. The van der Waals surface area contributed by atoms with Crippen molar-refractivity contribution in [1.82, 2.24) is 19.9 Å². The standard InChI is InChI=1S/C17H12N4O2.2H2/c1-21-7-18-14-13-10(8-5-3-2-4-6-9(8)19-13)11-12(15(14)21)17(23)20-16(11)22;;/h3-7,19H,2H2,1H3,(H,20,22,23);2*1H. The van der Waals surface area contributed by atoms with Crippen LogP contribution in [0.25, 0.3) is 34.1 Å². The van der Waals surface area contributed by atoms with E-state index >= 15 is 0 Å². The second kappa shape index (κ2) is 3.98. The maximum Gasteiger partial charge on any atom is 0.261 e. The lowest BCUT2D eigenvalue weighted by atomic mass is 9.98. The van der Waals surface area contributed by atoms with Crippen molar-refractivity contribution in [2.45, 2.75) is 6.42 Å². The second-order valence-corrected chi connectivity index (χ2v) is 5.83. The third kappa shape index (κ3) is 1.40. The zero-order valence-electron chi connectivity index (χ0n) is 12.3. The van der Waals surface area contributed by atoms with Crippen molar-refractivity contribution < 1.29 is 12.4 Å². The van der Waals surface area contributed by atoms with Crippen LogP contribution in [0.5, 0.6) is 0 Å². The molecular formula is C17H16N4O2. The second-order valence-electron chi connectivity index (χ2n) is 5.83. The van der Waals surface area contributed by atoms with Gasteiger partial charge in [0.15, 0.2) is 0 Å². The Hall–Kier alpha value is -3.15. The number of allylic oxidation sites excluding steroid dienone is 2. The highest BCUT2D eigenvalue weighted by molar-refractivity contribution is 6.33. The maximum absolute atomic E-state index is 12.4. The van der Waals surface area contributed by atoms with E-state index in [2.05, 4.69) is 21.4 Å². The number of carbonyl (C=O) groups excluding carboxylic acids is 2. The van der Waals surface area contributed by atoms with Crippen molar-refractivity contribution in [1.29, 1.82) is 0 Å². The number of imidazole rings is 1. The summed E-state index contributed by atoms with van der Waals surface area (Å²) >= 11 is 0. The van der Waals surface area contributed by atoms with Crippen molar-refractivity contribution in [2.75, 3.05) is 0 Å². The van der Waals surface area contributed by atoms with Gasteiger partial charge in [-0.05, 0) is 12.5 Å². The van der Waals surface area contributed by atoms with Gasteiger partial charge in [-0.25, -0.2) is 4.98 Å². The quantitative estimate of drug-likeness (QED) is 0.627. The molecule has 0 saturated carbocycles. The molecule has 2 aliphatic rings. The van der Waals surface area contributed by atoms with Gasteiger partial charge in [-0.2, -0.15) is 0 Å². The number of nitrogens with zero attached hydrogens (tertiary/aromatic N) is 2. The zero-order valence-corrected chi connectivity index (χ0v) is 12.3. The Morgan fingerprint density at radius 1 is 1.17 bits per heavy atom. The predicted octanol–water partition coefficient (Wildman–Crippen LogP) is 2.86. The van der Waals surface area contributed by atoms with Crippen LogP contribution in [-0.4, -0.2) is 26.3 Å². The summed E-state index contributed by atoms with van der Waals surface area (Å²) in [6, 6.07) is 0. The molecule has 2 amide bonds. The number of carbonyl (C=O) groups is 2. The zero-order chi connectivity index (χ0) is 15.7. The molecule has 23 heavy (non-hydrogen) atoms. The molecule has 1 aliphatic heterocycles.